The lowest BCUT2D eigenvalue weighted by atomic mass is 9.86. The van der Waals surface area contributed by atoms with Gasteiger partial charge in [-0.15, -0.1) is 9.05 Å². The van der Waals surface area contributed by atoms with Gasteiger partial charge in [0.1, 0.15) is 0 Å². The smallest absolute Gasteiger partial charge is 0.242 e. The molecule has 2 aliphatic rings. The van der Waals surface area contributed by atoms with Gasteiger partial charge in [-0.3, -0.25) is 0 Å². The maximum Gasteiger partial charge on any atom is 0.679 e. The molecule has 0 atom stereocenters. The Morgan fingerprint density at radius 3 is 0.943 bits per heavy atom. The van der Waals surface area contributed by atoms with E-state index in [1.54, 1.807) is 97.1 Å². The van der Waals surface area contributed by atoms with Crippen LogP contribution in [-0.4, -0.2) is 11.9 Å². The minimum absolute atomic E-state index is 0.546. The molecular formula is C28H20O6P+. The first-order valence-corrected chi connectivity index (χ1v) is 12.6. The molecule has 2 aliphatic heterocycles. The van der Waals surface area contributed by atoms with Gasteiger partial charge in [-0.1, -0.05) is 121 Å². The Labute approximate surface area is 202 Å². The van der Waals surface area contributed by atoms with Gasteiger partial charge in [0.2, 0.25) is 0 Å². The molecule has 6 nitrogen and oxygen atoms in total. The Morgan fingerprint density at radius 1 is 0.429 bits per heavy atom. The zero-order chi connectivity index (χ0) is 23.9. The van der Waals surface area contributed by atoms with Crippen molar-refractivity contribution in [3.8, 4) is 0 Å². The van der Waals surface area contributed by atoms with E-state index < -0.39 is 31.3 Å². The lowest BCUT2D eigenvalue weighted by Crippen LogP contribution is -2.35. The summed E-state index contributed by atoms with van der Waals surface area (Å²) < 4.78 is 24.4. The summed E-state index contributed by atoms with van der Waals surface area (Å²) in [4.78, 5) is 27.3. The lowest BCUT2D eigenvalue weighted by molar-refractivity contribution is -0.141. The summed E-state index contributed by atoms with van der Waals surface area (Å²) in [6, 6.07) is 36.0. The fourth-order valence-corrected chi connectivity index (χ4v) is 6.69. The van der Waals surface area contributed by atoms with Gasteiger partial charge in [0.25, 0.3) is 11.2 Å². The highest BCUT2D eigenvalue weighted by molar-refractivity contribution is 7.58. The molecule has 0 amide bonds. The van der Waals surface area contributed by atoms with Crippen molar-refractivity contribution >= 4 is 20.1 Å². The van der Waals surface area contributed by atoms with Gasteiger partial charge in [0, 0.05) is 22.3 Å². The third kappa shape index (κ3) is 3.22. The van der Waals surface area contributed by atoms with Crippen LogP contribution < -0.4 is 0 Å². The molecule has 0 radical (unpaired) electrons. The summed E-state index contributed by atoms with van der Waals surface area (Å²) >= 11 is 0. The van der Waals surface area contributed by atoms with E-state index >= 15 is 0 Å². The van der Waals surface area contributed by atoms with Crippen molar-refractivity contribution in [2.24, 2.45) is 0 Å². The van der Waals surface area contributed by atoms with E-state index in [1.807, 2.05) is 24.3 Å². The normalized spacial score (nSPS) is 19.3. The van der Waals surface area contributed by atoms with Crippen LogP contribution in [0.2, 0.25) is 0 Å². The quantitative estimate of drug-likeness (QED) is 0.347. The topological polar surface area (TPSA) is 71.1 Å². The van der Waals surface area contributed by atoms with E-state index in [0.717, 1.165) is 0 Å². The van der Waals surface area contributed by atoms with Gasteiger partial charge >= 0.3 is 20.1 Å². The van der Waals surface area contributed by atoms with E-state index in [9.17, 15) is 9.59 Å². The van der Waals surface area contributed by atoms with Crippen LogP contribution in [0.3, 0.4) is 0 Å². The summed E-state index contributed by atoms with van der Waals surface area (Å²) in [5.41, 5.74) is -1.12. The monoisotopic (exact) mass is 483 g/mol. The predicted octanol–water partition coefficient (Wildman–Crippen LogP) is 5.70. The molecule has 4 aromatic rings. The minimum atomic E-state index is -3.91. The van der Waals surface area contributed by atoms with Crippen molar-refractivity contribution < 1.29 is 27.7 Å². The number of carbonyl (C=O) groups is 2. The van der Waals surface area contributed by atoms with Crippen LogP contribution in [0.1, 0.15) is 22.3 Å². The molecule has 2 heterocycles. The molecule has 0 saturated carbocycles. The molecule has 172 valence electrons. The van der Waals surface area contributed by atoms with Crippen molar-refractivity contribution in [3.63, 3.8) is 0 Å². The molecule has 0 bridgehead atoms. The molecule has 1 spiro atoms. The van der Waals surface area contributed by atoms with Crippen LogP contribution in [-0.2, 0) is 38.9 Å². The lowest BCUT2D eigenvalue weighted by Gasteiger charge is -2.22. The Bertz CT molecular complexity index is 1190. The molecule has 4 aromatic carbocycles. The summed E-state index contributed by atoms with van der Waals surface area (Å²) in [5.74, 6) is -1.40. The van der Waals surface area contributed by atoms with Gasteiger partial charge in [-0.25, -0.2) is 18.6 Å². The summed E-state index contributed by atoms with van der Waals surface area (Å²) in [5, 5.41) is 0. The largest absolute Gasteiger partial charge is 0.679 e. The maximum atomic E-state index is 13.7. The molecule has 7 heteroatoms. The fraction of sp³-hybridized carbons (Fsp3) is 0.0714. The molecule has 0 N–H and O–H groups in total. The van der Waals surface area contributed by atoms with Crippen molar-refractivity contribution in [1.82, 2.24) is 0 Å². The Hall–Kier alpha value is -3.83. The SMILES string of the molecule is O=C1O[P+]2(OC(=O)C(c3ccccc3)(c3ccccc3)O2)OC1(c1ccccc1)c1ccccc1. The highest BCUT2D eigenvalue weighted by Crippen LogP contribution is 2.79. The standard InChI is InChI=1S/C28H20O6P/c29-25-27(21-13-5-1-6-14-21,22-15-7-2-8-16-22)33-35(31-25)32-26(30)28(34-35,23-17-9-3-10-18-23)24-19-11-4-12-20-24/h1-20H/q+1. The van der Waals surface area contributed by atoms with Crippen LogP contribution in [0.25, 0.3) is 0 Å². The van der Waals surface area contributed by atoms with Gasteiger partial charge < -0.3 is 0 Å². The molecule has 2 fully saturated rings. The number of carbonyl (C=O) groups excluding carboxylic acids is 2. The predicted molar refractivity (Wildman–Crippen MR) is 129 cm³/mol. The molecule has 0 unspecified atom stereocenters. The van der Waals surface area contributed by atoms with Crippen molar-refractivity contribution in [2.45, 2.75) is 11.2 Å². The van der Waals surface area contributed by atoms with Gasteiger partial charge in [0.05, 0.1) is 0 Å². The Kier molecular flexibility index (Phi) is 5.04. The van der Waals surface area contributed by atoms with Gasteiger partial charge in [-0.05, 0) is 0 Å². The van der Waals surface area contributed by atoms with E-state index in [4.69, 9.17) is 18.1 Å². The van der Waals surface area contributed by atoms with Crippen molar-refractivity contribution in [1.29, 1.82) is 0 Å². The van der Waals surface area contributed by atoms with Gasteiger partial charge in [0.15, 0.2) is 0 Å². The molecule has 6 rings (SSSR count). The summed E-state index contributed by atoms with van der Waals surface area (Å²) in [6.07, 6.45) is 0. The van der Waals surface area contributed by atoms with E-state index in [-0.39, 0.29) is 0 Å². The van der Waals surface area contributed by atoms with Crippen LogP contribution in [0.5, 0.6) is 0 Å². The molecule has 0 aliphatic carbocycles. The van der Waals surface area contributed by atoms with Crippen LogP contribution >= 0.6 is 8.17 Å². The van der Waals surface area contributed by atoms with Crippen molar-refractivity contribution in [3.05, 3.63) is 144 Å². The second-order valence-electron chi connectivity index (χ2n) is 8.21. The first kappa shape index (κ1) is 21.7. The highest BCUT2D eigenvalue weighted by atomic mass is 31.2. The maximum absolute atomic E-state index is 13.7. The summed E-state index contributed by atoms with van der Waals surface area (Å²) in [6.45, 7) is 0. The third-order valence-corrected chi connectivity index (χ3v) is 7.96. The zero-order valence-electron chi connectivity index (χ0n) is 18.4. The molecular weight excluding hydrogens is 463 g/mol. The molecule has 2 saturated heterocycles. The van der Waals surface area contributed by atoms with Crippen LogP contribution in [0.4, 0.5) is 0 Å². The number of hydrogen-bond acceptors (Lipinski definition) is 6. The average molecular weight is 483 g/mol. The second kappa shape index (κ2) is 8.14. The number of benzene rings is 4. The molecule has 0 aromatic heterocycles. The van der Waals surface area contributed by atoms with E-state index in [1.165, 1.54) is 0 Å². The van der Waals surface area contributed by atoms with Crippen LogP contribution in [0, 0.1) is 0 Å². The van der Waals surface area contributed by atoms with Crippen molar-refractivity contribution in [2.75, 3.05) is 0 Å². The molecule has 35 heavy (non-hydrogen) atoms. The van der Waals surface area contributed by atoms with Gasteiger partial charge in [-0.2, -0.15) is 0 Å². The summed E-state index contributed by atoms with van der Waals surface area (Å²) in [7, 11) is -3.91. The first-order chi connectivity index (χ1) is 17.1. The third-order valence-electron chi connectivity index (χ3n) is 6.18. The zero-order valence-corrected chi connectivity index (χ0v) is 19.3. The number of rotatable bonds is 4. The highest BCUT2D eigenvalue weighted by Gasteiger charge is 2.82. The fourth-order valence-electron chi connectivity index (χ4n) is 4.56. The minimum Gasteiger partial charge on any atom is -0.242 e. The second-order valence-corrected chi connectivity index (χ2v) is 9.84. The van der Waals surface area contributed by atoms with Crippen LogP contribution in [0.15, 0.2) is 121 Å². The van der Waals surface area contributed by atoms with E-state index in [2.05, 4.69) is 0 Å². The number of hydrogen-bond donors (Lipinski definition) is 0. The Morgan fingerprint density at radius 2 is 0.686 bits per heavy atom. The first-order valence-electron chi connectivity index (χ1n) is 11.1. The van der Waals surface area contributed by atoms with E-state index in [0.29, 0.717) is 22.3 Å². The average Bonchev–Trinajstić information content (AvgIpc) is 3.38. The Balaban J connectivity index is 1.51.